The lowest BCUT2D eigenvalue weighted by atomic mass is 9.99. The van der Waals surface area contributed by atoms with Gasteiger partial charge in [-0.05, 0) is 69.7 Å². The molecule has 0 unspecified atom stereocenters. The average Bonchev–Trinajstić information content (AvgIpc) is 2.76. The zero-order valence-electron chi connectivity index (χ0n) is 21.0. The number of carbonyl (C=O) groups is 1. The summed E-state index contributed by atoms with van der Waals surface area (Å²) in [6.45, 7) is 8.05. The van der Waals surface area contributed by atoms with E-state index in [1.54, 1.807) is 38.7 Å². The number of aryl methyl sites for hydroxylation is 1. The van der Waals surface area contributed by atoms with E-state index in [0.29, 0.717) is 41.2 Å². The molecule has 0 spiro atoms. The summed E-state index contributed by atoms with van der Waals surface area (Å²) in [7, 11) is 0. The van der Waals surface area contributed by atoms with Gasteiger partial charge in [-0.3, -0.25) is 4.98 Å². The summed E-state index contributed by atoms with van der Waals surface area (Å²) in [5.41, 5.74) is 6.84. The van der Waals surface area contributed by atoms with Gasteiger partial charge in [-0.1, -0.05) is 0 Å². The van der Waals surface area contributed by atoms with Crippen LogP contribution in [-0.4, -0.2) is 51.2 Å². The molecule has 1 aliphatic rings. The summed E-state index contributed by atoms with van der Waals surface area (Å²) in [5, 5.41) is 0. The maximum Gasteiger partial charge on any atom is 0.410 e. The number of benzene rings is 1. The Morgan fingerprint density at radius 3 is 2.41 bits per heavy atom. The van der Waals surface area contributed by atoms with Crippen LogP contribution in [0.25, 0.3) is 22.4 Å². The highest BCUT2D eigenvalue weighted by Gasteiger charge is 2.34. The Hall–Kier alpha value is -3.89. The minimum absolute atomic E-state index is 0.00151. The summed E-state index contributed by atoms with van der Waals surface area (Å²) in [4.78, 5) is 26.3. The van der Waals surface area contributed by atoms with Crippen molar-refractivity contribution < 1.29 is 27.4 Å². The molecule has 1 amide bonds. The first-order chi connectivity index (χ1) is 17.4. The number of amides is 1. The van der Waals surface area contributed by atoms with Gasteiger partial charge >= 0.3 is 6.09 Å². The van der Waals surface area contributed by atoms with E-state index in [9.17, 15) is 18.0 Å². The summed E-state index contributed by atoms with van der Waals surface area (Å²) in [6, 6.07) is 8.42. The molecule has 37 heavy (non-hydrogen) atoms. The Kier molecular flexibility index (Phi) is 7.24. The number of halogens is 3. The van der Waals surface area contributed by atoms with Crippen molar-refractivity contribution in [2.24, 2.45) is 5.92 Å². The molecule has 2 aromatic heterocycles. The Bertz CT molecular complexity index is 1290. The van der Waals surface area contributed by atoms with E-state index in [1.165, 1.54) is 30.3 Å². The van der Waals surface area contributed by atoms with Crippen LogP contribution in [0.15, 0.2) is 36.4 Å². The minimum atomic E-state index is -2.79. The van der Waals surface area contributed by atoms with Gasteiger partial charge in [0.1, 0.15) is 17.1 Å². The summed E-state index contributed by atoms with van der Waals surface area (Å²) in [6.07, 6.45) is -3.19. The number of nitrogen functional groups attached to an aromatic ring is 1. The number of nitrogens with zero attached hydrogens (tertiary/aromatic N) is 4. The number of hydrogen-bond acceptors (Lipinski definition) is 7. The lowest BCUT2D eigenvalue weighted by Crippen LogP contribution is -2.53. The summed E-state index contributed by atoms with van der Waals surface area (Å²) in [5.74, 6) is -0.444. The number of carbonyl (C=O) groups excluding carboxylic acids is 1. The van der Waals surface area contributed by atoms with Gasteiger partial charge in [-0.15, -0.1) is 0 Å². The second-order valence-corrected chi connectivity index (χ2v) is 9.90. The van der Waals surface area contributed by atoms with E-state index in [1.807, 2.05) is 0 Å². The van der Waals surface area contributed by atoms with E-state index in [-0.39, 0.29) is 24.4 Å². The summed E-state index contributed by atoms with van der Waals surface area (Å²) < 4.78 is 52.1. The van der Waals surface area contributed by atoms with Crippen molar-refractivity contribution in [1.29, 1.82) is 0 Å². The van der Waals surface area contributed by atoms with Crippen LogP contribution in [0.1, 0.15) is 38.6 Å². The Morgan fingerprint density at radius 2 is 1.78 bits per heavy atom. The molecule has 2 N–H and O–H groups in total. The Labute approximate surface area is 212 Å². The fourth-order valence-corrected chi connectivity index (χ4v) is 3.94. The summed E-state index contributed by atoms with van der Waals surface area (Å²) >= 11 is 0. The van der Waals surface area contributed by atoms with Gasteiger partial charge in [-0.2, -0.15) is 4.98 Å². The Balaban J connectivity index is 1.66. The fourth-order valence-electron chi connectivity index (χ4n) is 3.94. The highest BCUT2D eigenvalue weighted by Crippen LogP contribution is 2.39. The van der Waals surface area contributed by atoms with Gasteiger partial charge in [0.2, 0.25) is 11.8 Å². The van der Waals surface area contributed by atoms with Gasteiger partial charge in [0.25, 0.3) is 6.43 Å². The molecule has 0 aliphatic carbocycles. The number of pyridine rings is 1. The van der Waals surface area contributed by atoms with Crippen LogP contribution in [0.2, 0.25) is 0 Å². The van der Waals surface area contributed by atoms with E-state index in [2.05, 4.69) is 15.0 Å². The van der Waals surface area contributed by atoms with E-state index in [4.69, 9.17) is 15.2 Å². The fraction of sp³-hybridized carbons (Fsp3) is 0.385. The van der Waals surface area contributed by atoms with E-state index >= 15 is 0 Å². The van der Waals surface area contributed by atoms with Crippen LogP contribution in [0, 0.1) is 18.7 Å². The SMILES string of the molecule is Cc1cc(-c2c(OCC3CN(C(=O)OC(C)(C)C)C3)nc(N)nc2-c2ccc(F)cc2)cc(C(F)F)n1. The van der Waals surface area contributed by atoms with Crippen molar-refractivity contribution in [3.8, 4) is 28.3 Å². The van der Waals surface area contributed by atoms with Crippen LogP contribution >= 0.6 is 0 Å². The minimum Gasteiger partial charge on any atom is -0.477 e. The zero-order chi connectivity index (χ0) is 26.9. The molecule has 1 fully saturated rings. The maximum atomic E-state index is 13.6. The molecule has 1 aliphatic heterocycles. The molecule has 8 nitrogen and oxygen atoms in total. The van der Waals surface area contributed by atoms with Gasteiger partial charge < -0.3 is 20.1 Å². The number of anilines is 1. The average molecular weight is 516 g/mol. The van der Waals surface area contributed by atoms with E-state index < -0.39 is 29.6 Å². The molecule has 0 atom stereocenters. The molecule has 0 bridgehead atoms. The molecule has 11 heteroatoms. The normalized spacial score (nSPS) is 14.0. The number of likely N-dealkylation sites (tertiary alicyclic amines) is 1. The number of ether oxygens (including phenoxy) is 2. The molecule has 1 saturated heterocycles. The number of rotatable bonds is 6. The van der Waals surface area contributed by atoms with Gasteiger partial charge in [0.05, 0.1) is 17.9 Å². The topological polar surface area (TPSA) is 103 Å². The predicted octanol–water partition coefficient (Wildman–Crippen LogP) is 5.42. The van der Waals surface area contributed by atoms with E-state index in [0.717, 1.165) is 0 Å². The van der Waals surface area contributed by atoms with Crippen molar-refractivity contribution in [3.63, 3.8) is 0 Å². The third kappa shape index (κ3) is 6.28. The van der Waals surface area contributed by atoms with Crippen LogP contribution in [-0.2, 0) is 4.74 Å². The molecule has 1 aromatic carbocycles. The maximum absolute atomic E-state index is 13.6. The molecule has 0 saturated carbocycles. The van der Waals surface area contributed by atoms with Crippen LogP contribution in [0.3, 0.4) is 0 Å². The molecule has 4 rings (SSSR count). The van der Waals surface area contributed by atoms with Crippen molar-refractivity contribution in [2.45, 2.75) is 39.7 Å². The van der Waals surface area contributed by atoms with Crippen molar-refractivity contribution in [2.75, 3.05) is 25.4 Å². The molecule has 196 valence electrons. The molecule has 3 heterocycles. The number of hydrogen-bond donors (Lipinski definition) is 1. The second kappa shape index (κ2) is 10.2. The van der Waals surface area contributed by atoms with Crippen molar-refractivity contribution in [3.05, 3.63) is 53.6 Å². The van der Waals surface area contributed by atoms with Crippen LogP contribution in [0.5, 0.6) is 5.88 Å². The first kappa shape index (κ1) is 26.2. The van der Waals surface area contributed by atoms with Crippen LogP contribution < -0.4 is 10.5 Å². The quantitative estimate of drug-likeness (QED) is 0.468. The van der Waals surface area contributed by atoms with Gasteiger partial charge in [-0.25, -0.2) is 22.9 Å². The second-order valence-electron chi connectivity index (χ2n) is 9.90. The number of alkyl halides is 2. The molecular weight excluding hydrogens is 487 g/mol. The standard InChI is InChI=1S/C26H28F3N5O3/c1-14-9-17(10-19(31-14)22(28)29)20-21(16-5-7-18(27)8-6-16)32-24(30)33-23(20)36-13-15-11-34(12-15)25(35)37-26(2,3)4/h5-10,15,22H,11-13H2,1-4H3,(H2,30,32,33). The first-order valence-corrected chi connectivity index (χ1v) is 11.7. The largest absolute Gasteiger partial charge is 0.477 e. The number of nitrogens with two attached hydrogens (primary N) is 1. The van der Waals surface area contributed by atoms with Crippen LogP contribution in [0.4, 0.5) is 23.9 Å². The molecule has 0 radical (unpaired) electrons. The molecular formula is C26H28F3N5O3. The van der Waals surface area contributed by atoms with Crippen molar-refractivity contribution in [1.82, 2.24) is 19.9 Å². The van der Waals surface area contributed by atoms with Gasteiger partial charge in [0, 0.05) is 30.3 Å². The monoisotopic (exact) mass is 515 g/mol. The Morgan fingerprint density at radius 1 is 1.11 bits per heavy atom. The highest BCUT2D eigenvalue weighted by molar-refractivity contribution is 5.85. The predicted molar refractivity (Wildman–Crippen MR) is 132 cm³/mol. The third-order valence-electron chi connectivity index (χ3n) is 5.56. The highest BCUT2D eigenvalue weighted by atomic mass is 19.3. The van der Waals surface area contributed by atoms with Crippen molar-refractivity contribution >= 4 is 12.0 Å². The first-order valence-electron chi connectivity index (χ1n) is 11.7. The van der Waals surface area contributed by atoms with Gasteiger partial charge in [0.15, 0.2) is 0 Å². The smallest absolute Gasteiger partial charge is 0.410 e. The third-order valence-corrected chi connectivity index (χ3v) is 5.56. The lowest BCUT2D eigenvalue weighted by Gasteiger charge is -2.39. The molecule has 3 aromatic rings. The number of aromatic nitrogens is 3. The lowest BCUT2D eigenvalue weighted by molar-refractivity contribution is -0.00803. The zero-order valence-corrected chi connectivity index (χ0v) is 21.0.